The summed E-state index contributed by atoms with van der Waals surface area (Å²) in [4.78, 5) is 19.9. The van der Waals surface area contributed by atoms with Gasteiger partial charge in [0, 0.05) is 54.4 Å². The van der Waals surface area contributed by atoms with Gasteiger partial charge < -0.3 is 10.2 Å². The van der Waals surface area contributed by atoms with Crippen molar-refractivity contribution in [3.05, 3.63) is 57.7 Å². The van der Waals surface area contributed by atoms with Gasteiger partial charge in [0.25, 0.3) is 5.91 Å². The topological polar surface area (TPSA) is 63.1 Å². The zero-order valence-corrected chi connectivity index (χ0v) is 18.8. The number of rotatable bonds is 6. The Morgan fingerprint density at radius 3 is 2.81 bits per heavy atom. The fourth-order valence-electron chi connectivity index (χ4n) is 4.73. The molecule has 0 spiro atoms. The van der Waals surface area contributed by atoms with E-state index in [4.69, 9.17) is 10.1 Å². The first-order valence-electron chi connectivity index (χ1n) is 11.3. The highest BCUT2D eigenvalue weighted by atomic mass is 32.1. The van der Waals surface area contributed by atoms with Crippen LogP contribution in [0.5, 0.6) is 0 Å². The lowest BCUT2D eigenvalue weighted by Crippen LogP contribution is -2.35. The van der Waals surface area contributed by atoms with Crippen molar-refractivity contribution in [2.45, 2.75) is 58.2 Å². The molecule has 1 aromatic carbocycles. The number of carbonyl (C=O) groups is 1. The third-order valence-electron chi connectivity index (χ3n) is 6.41. The Morgan fingerprint density at radius 2 is 2.03 bits per heavy atom. The van der Waals surface area contributed by atoms with E-state index in [0.717, 1.165) is 80.1 Å². The van der Waals surface area contributed by atoms with Crippen molar-refractivity contribution < 1.29 is 4.79 Å². The van der Waals surface area contributed by atoms with Gasteiger partial charge in [-0.15, -0.1) is 11.3 Å². The van der Waals surface area contributed by atoms with Gasteiger partial charge in [0.2, 0.25) is 0 Å². The predicted molar refractivity (Wildman–Crippen MR) is 123 cm³/mol. The SMILES string of the molecule is CCn1nc(C(=O)N2CCCC2)c2c1CCC(NCc1nc(-c3ccccc3)cs1)C2. The molecule has 1 amide bonds. The number of aryl methyl sites for hydroxylation is 1. The Hall–Kier alpha value is -2.51. The van der Waals surface area contributed by atoms with Crippen molar-refractivity contribution in [3.8, 4) is 11.3 Å². The van der Waals surface area contributed by atoms with Crippen LogP contribution >= 0.6 is 11.3 Å². The molecule has 1 saturated heterocycles. The van der Waals surface area contributed by atoms with Crippen LogP contribution in [-0.4, -0.2) is 44.7 Å². The molecule has 3 heterocycles. The molecule has 1 atom stereocenters. The van der Waals surface area contributed by atoms with Crippen molar-refractivity contribution in [1.29, 1.82) is 0 Å². The maximum atomic E-state index is 13.1. The van der Waals surface area contributed by atoms with Crippen molar-refractivity contribution in [1.82, 2.24) is 25.0 Å². The summed E-state index contributed by atoms with van der Waals surface area (Å²) in [6, 6.07) is 10.7. The van der Waals surface area contributed by atoms with Gasteiger partial charge in [-0.2, -0.15) is 5.10 Å². The number of amides is 1. The smallest absolute Gasteiger partial charge is 0.274 e. The van der Waals surface area contributed by atoms with Crippen LogP contribution in [0.4, 0.5) is 0 Å². The van der Waals surface area contributed by atoms with Gasteiger partial charge in [-0.05, 0) is 39.0 Å². The van der Waals surface area contributed by atoms with E-state index in [0.29, 0.717) is 11.7 Å². The summed E-state index contributed by atoms with van der Waals surface area (Å²) < 4.78 is 2.04. The number of hydrogen-bond acceptors (Lipinski definition) is 5. The fraction of sp³-hybridized carbons (Fsp3) is 0.458. The van der Waals surface area contributed by atoms with Gasteiger partial charge in [-0.3, -0.25) is 9.48 Å². The molecule has 7 heteroatoms. The minimum Gasteiger partial charge on any atom is -0.337 e. The quantitative estimate of drug-likeness (QED) is 0.638. The van der Waals surface area contributed by atoms with Crippen LogP contribution in [0, 0.1) is 0 Å². The molecule has 1 fully saturated rings. The average Bonchev–Trinajstić information content (AvgIpc) is 3.57. The molecule has 162 valence electrons. The second-order valence-electron chi connectivity index (χ2n) is 8.40. The fourth-order valence-corrected chi connectivity index (χ4v) is 5.48. The van der Waals surface area contributed by atoms with Gasteiger partial charge in [-0.25, -0.2) is 4.98 Å². The normalized spacial score (nSPS) is 18.4. The van der Waals surface area contributed by atoms with Gasteiger partial charge in [0.1, 0.15) is 5.01 Å². The van der Waals surface area contributed by atoms with Crippen LogP contribution in [0.3, 0.4) is 0 Å². The number of benzene rings is 1. The third kappa shape index (κ3) is 4.16. The largest absolute Gasteiger partial charge is 0.337 e. The molecular weight excluding hydrogens is 406 g/mol. The van der Waals surface area contributed by atoms with Crippen LogP contribution in [0.2, 0.25) is 0 Å². The average molecular weight is 436 g/mol. The molecule has 5 rings (SSSR count). The Labute approximate surface area is 187 Å². The van der Waals surface area contributed by atoms with Gasteiger partial charge in [-0.1, -0.05) is 30.3 Å². The molecule has 0 radical (unpaired) electrons. The van der Waals surface area contributed by atoms with Crippen molar-refractivity contribution >= 4 is 17.2 Å². The highest BCUT2D eigenvalue weighted by Gasteiger charge is 2.31. The van der Waals surface area contributed by atoms with Crippen molar-refractivity contribution in [2.24, 2.45) is 0 Å². The molecule has 2 aromatic heterocycles. The Bertz CT molecular complexity index is 1050. The lowest BCUT2D eigenvalue weighted by atomic mass is 9.91. The summed E-state index contributed by atoms with van der Waals surface area (Å²) in [5.74, 6) is 0.119. The zero-order chi connectivity index (χ0) is 21.2. The van der Waals surface area contributed by atoms with Gasteiger partial charge in [0.05, 0.1) is 5.69 Å². The second kappa shape index (κ2) is 8.93. The number of likely N-dealkylation sites (tertiary alicyclic amines) is 1. The maximum Gasteiger partial charge on any atom is 0.274 e. The van der Waals surface area contributed by atoms with Gasteiger partial charge >= 0.3 is 0 Å². The van der Waals surface area contributed by atoms with E-state index in [1.165, 1.54) is 5.69 Å². The van der Waals surface area contributed by atoms with E-state index >= 15 is 0 Å². The Kier molecular flexibility index (Phi) is 5.87. The minimum atomic E-state index is 0.119. The molecule has 0 saturated carbocycles. The summed E-state index contributed by atoms with van der Waals surface area (Å²) in [7, 11) is 0. The highest BCUT2D eigenvalue weighted by molar-refractivity contribution is 7.09. The molecule has 31 heavy (non-hydrogen) atoms. The number of carbonyl (C=O) groups excluding carboxylic acids is 1. The van der Waals surface area contributed by atoms with E-state index in [-0.39, 0.29) is 5.91 Å². The van der Waals surface area contributed by atoms with Gasteiger partial charge in [0.15, 0.2) is 5.69 Å². The summed E-state index contributed by atoms with van der Waals surface area (Å²) >= 11 is 1.70. The molecule has 1 aliphatic heterocycles. The number of hydrogen-bond donors (Lipinski definition) is 1. The molecule has 1 unspecified atom stereocenters. The monoisotopic (exact) mass is 435 g/mol. The van der Waals surface area contributed by atoms with E-state index < -0.39 is 0 Å². The van der Waals surface area contributed by atoms with Crippen LogP contribution in [0.1, 0.15) is 52.9 Å². The first kappa shape index (κ1) is 20.4. The molecule has 0 bridgehead atoms. The molecule has 2 aliphatic rings. The number of aromatic nitrogens is 3. The maximum absolute atomic E-state index is 13.1. The van der Waals surface area contributed by atoms with E-state index in [9.17, 15) is 4.79 Å². The molecular formula is C24H29N5OS. The summed E-state index contributed by atoms with van der Waals surface area (Å²) in [6.07, 6.45) is 5.10. The number of nitrogens with zero attached hydrogens (tertiary/aromatic N) is 4. The summed E-state index contributed by atoms with van der Waals surface area (Å²) in [5.41, 5.74) is 5.29. The van der Waals surface area contributed by atoms with Crippen LogP contribution in [-0.2, 0) is 25.9 Å². The van der Waals surface area contributed by atoms with E-state index in [1.807, 2.05) is 27.8 Å². The third-order valence-corrected chi connectivity index (χ3v) is 7.25. The predicted octanol–water partition coefficient (Wildman–Crippen LogP) is 3.91. The number of thiazole rings is 1. The van der Waals surface area contributed by atoms with Crippen LogP contribution < -0.4 is 5.32 Å². The summed E-state index contributed by atoms with van der Waals surface area (Å²) in [6.45, 7) is 5.41. The van der Waals surface area contributed by atoms with Crippen molar-refractivity contribution in [3.63, 3.8) is 0 Å². The lowest BCUT2D eigenvalue weighted by Gasteiger charge is -2.24. The lowest BCUT2D eigenvalue weighted by molar-refractivity contribution is 0.0785. The number of fused-ring (bicyclic) bond motifs is 1. The molecule has 1 N–H and O–H groups in total. The Morgan fingerprint density at radius 1 is 1.23 bits per heavy atom. The van der Waals surface area contributed by atoms with E-state index in [1.54, 1.807) is 11.3 Å². The number of nitrogens with one attached hydrogen (secondary N) is 1. The molecule has 6 nitrogen and oxygen atoms in total. The first-order chi connectivity index (χ1) is 15.2. The first-order valence-corrected chi connectivity index (χ1v) is 12.2. The molecule has 1 aliphatic carbocycles. The van der Waals surface area contributed by atoms with Crippen molar-refractivity contribution in [2.75, 3.05) is 13.1 Å². The molecule has 3 aromatic rings. The minimum absolute atomic E-state index is 0.119. The standard InChI is InChI=1S/C24H29N5OS/c1-2-29-21-11-10-18(14-19(21)23(27-29)24(30)28-12-6-7-13-28)25-15-22-26-20(16-31-22)17-8-4-3-5-9-17/h3-5,8-9,16,18,25H,2,6-7,10-15H2,1H3. The van der Waals surface area contributed by atoms with Crippen LogP contribution in [0.25, 0.3) is 11.3 Å². The van der Waals surface area contributed by atoms with E-state index in [2.05, 4.69) is 29.8 Å². The zero-order valence-electron chi connectivity index (χ0n) is 18.0. The Balaban J connectivity index is 1.28. The van der Waals surface area contributed by atoms with Crippen LogP contribution in [0.15, 0.2) is 35.7 Å². The highest BCUT2D eigenvalue weighted by Crippen LogP contribution is 2.27. The second-order valence-corrected chi connectivity index (χ2v) is 9.34. The summed E-state index contributed by atoms with van der Waals surface area (Å²) in [5, 5.41) is 11.7.